The van der Waals surface area contributed by atoms with Gasteiger partial charge in [-0.3, -0.25) is 0 Å². The zero-order valence-electron chi connectivity index (χ0n) is 24.9. The van der Waals surface area contributed by atoms with Gasteiger partial charge in [0.25, 0.3) is 5.82 Å². The quantitative estimate of drug-likeness (QED) is 0.116. The van der Waals surface area contributed by atoms with E-state index in [9.17, 15) is 0 Å². The van der Waals surface area contributed by atoms with Crippen LogP contribution in [0.25, 0.3) is 0 Å². The molecule has 5 aromatic rings. The Kier molecular flexibility index (Phi) is 12.5. The van der Waals surface area contributed by atoms with Gasteiger partial charge in [-0.25, -0.2) is 9.97 Å². The summed E-state index contributed by atoms with van der Waals surface area (Å²) in [6.07, 6.45) is 16.5. The fraction of sp³-hybridized carbons (Fsp3) is 0.289. The molecular formula is C38H47BN2. The van der Waals surface area contributed by atoms with Crippen molar-refractivity contribution in [2.75, 3.05) is 0 Å². The molecule has 2 N–H and O–H groups in total. The van der Waals surface area contributed by atoms with Crippen molar-refractivity contribution in [1.29, 1.82) is 0 Å². The zero-order chi connectivity index (χ0) is 28.4. The second-order valence-electron chi connectivity index (χ2n) is 11.2. The van der Waals surface area contributed by atoms with Crippen LogP contribution in [0.5, 0.6) is 0 Å². The van der Waals surface area contributed by atoms with Crippen molar-refractivity contribution < 1.29 is 4.98 Å². The van der Waals surface area contributed by atoms with Crippen LogP contribution < -0.4 is 26.8 Å². The highest BCUT2D eigenvalue weighted by Gasteiger charge is 2.31. The van der Waals surface area contributed by atoms with Crippen LogP contribution in [-0.4, -0.2) is 11.1 Å². The van der Waals surface area contributed by atoms with E-state index in [1.807, 2.05) is 12.4 Å². The Hall–Kier alpha value is -3.85. The highest BCUT2D eigenvalue weighted by atomic mass is 14.9. The van der Waals surface area contributed by atoms with Gasteiger partial charge in [0.05, 0.1) is 0 Å². The maximum atomic E-state index is 3.21. The van der Waals surface area contributed by atoms with Crippen molar-refractivity contribution in [3.63, 3.8) is 0 Å². The van der Waals surface area contributed by atoms with E-state index in [2.05, 4.69) is 138 Å². The van der Waals surface area contributed by atoms with Gasteiger partial charge in [0.15, 0.2) is 0 Å². The van der Waals surface area contributed by atoms with Gasteiger partial charge in [-0.15, -0.1) is 0 Å². The summed E-state index contributed by atoms with van der Waals surface area (Å²) in [7, 11) is 0. The highest BCUT2D eigenvalue weighted by molar-refractivity contribution is 7.19. The molecule has 1 heterocycles. The molecule has 0 radical (unpaired) electrons. The summed E-state index contributed by atoms with van der Waals surface area (Å²) >= 11 is 0. The molecule has 0 atom stereocenters. The number of unbranched alkanes of at least 4 members (excludes halogenated alkanes) is 8. The molecule has 0 fully saturated rings. The molecule has 0 saturated carbocycles. The van der Waals surface area contributed by atoms with E-state index in [0.29, 0.717) is 0 Å². The van der Waals surface area contributed by atoms with E-state index in [0.717, 1.165) is 0 Å². The van der Waals surface area contributed by atoms with Crippen LogP contribution in [0.2, 0.25) is 0 Å². The molecule has 2 nitrogen and oxygen atoms in total. The molecule has 5 rings (SSSR count). The Balaban J connectivity index is 0.000000210. The SMILES string of the molecule is CCCCCCCCCCCc1[nH]cc[nH+]1.c1ccc([B-](c2ccccc2)(c2ccccc2)c2ccccc2)cc1. The molecule has 3 heteroatoms. The third-order valence-electron chi connectivity index (χ3n) is 8.33. The second-order valence-corrected chi connectivity index (χ2v) is 11.2. The minimum absolute atomic E-state index is 1.17. The van der Waals surface area contributed by atoms with E-state index in [1.165, 1.54) is 91.9 Å². The maximum Gasteiger partial charge on any atom is 0.251 e. The van der Waals surface area contributed by atoms with Crippen LogP contribution in [0.4, 0.5) is 0 Å². The van der Waals surface area contributed by atoms with E-state index in [4.69, 9.17) is 0 Å². The molecule has 0 unspecified atom stereocenters. The Morgan fingerprint density at radius 1 is 0.488 bits per heavy atom. The lowest BCUT2D eigenvalue weighted by molar-refractivity contribution is -0.388. The Morgan fingerprint density at radius 3 is 1.20 bits per heavy atom. The van der Waals surface area contributed by atoms with Crippen LogP contribution in [0.1, 0.15) is 70.5 Å². The third-order valence-corrected chi connectivity index (χ3v) is 8.33. The second kappa shape index (κ2) is 17.1. The standard InChI is InChI=1S/C24H20B.C14H26N2/c1-5-13-21(14-6-1)25(22-15-7-2-8-16-22,23-17-9-3-10-18-23)24-19-11-4-12-20-24;1-2-3-4-5-6-7-8-9-10-11-14-15-12-13-16-14/h1-20H;12-13H,2-11H2,1H3,(H,15,16)/q-1;/p+1. The average molecular weight is 543 g/mol. The molecule has 0 spiro atoms. The summed E-state index contributed by atoms with van der Waals surface area (Å²) in [5.41, 5.74) is 5.36. The summed E-state index contributed by atoms with van der Waals surface area (Å²) in [4.78, 5) is 6.41. The van der Waals surface area contributed by atoms with E-state index < -0.39 is 6.15 Å². The zero-order valence-corrected chi connectivity index (χ0v) is 24.9. The maximum absolute atomic E-state index is 3.21. The predicted octanol–water partition coefficient (Wildman–Crippen LogP) is 6.97. The van der Waals surface area contributed by atoms with Gasteiger partial charge in [-0.05, 0) is 6.42 Å². The van der Waals surface area contributed by atoms with Crippen LogP contribution >= 0.6 is 0 Å². The molecule has 0 bridgehead atoms. The van der Waals surface area contributed by atoms with Crippen LogP contribution in [0.3, 0.4) is 0 Å². The number of hydrogen-bond donors (Lipinski definition) is 1. The number of nitrogens with one attached hydrogen (secondary N) is 2. The van der Waals surface area contributed by atoms with Crippen molar-refractivity contribution in [3.8, 4) is 0 Å². The first kappa shape index (κ1) is 30.1. The number of rotatable bonds is 14. The van der Waals surface area contributed by atoms with Gasteiger partial charge in [0.1, 0.15) is 18.5 Å². The van der Waals surface area contributed by atoms with Crippen LogP contribution in [0.15, 0.2) is 134 Å². The fourth-order valence-electron chi connectivity index (χ4n) is 6.20. The van der Waals surface area contributed by atoms with Crippen molar-refractivity contribution in [1.82, 2.24) is 4.98 Å². The molecule has 0 aliphatic rings. The number of imidazole rings is 1. The van der Waals surface area contributed by atoms with Crippen molar-refractivity contribution in [3.05, 3.63) is 140 Å². The smallest absolute Gasteiger partial charge is 0.248 e. The predicted molar refractivity (Wildman–Crippen MR) is 178 cm³/mol. The number of aryl methyl sites for hydroxylation is 1. The molecule has 212 valence electrons. The minimum atomic E-state index is -1.22. The summed E-state index contributed by atoms with van der Waals surface area (Å²) in [6, 6.07) is 43.5. The first-order valence-corrected chi connectivity index (χ1v) is 15.8. The van der Waals surface area contributed by atoms with E-state index >= 15 is 0 Å². The Bertz CT molecular complexity index is 1160. The van der Waals surface area contributed by atoms with Crippen molar-refractivity contribution in [2.45, 2.75) is 71.1 Å². The number of benzene rings is 4. The fourth-order valence-corrected chi connectivity index (χ4v) is 6.20. The highest BCUT2D eigenvalue weighted by Crippen LogP contribution is 2.11. The van der Waals surface area contributed by atoms with Gasteiger partial charge in [-0.1, -0.05) is 180 Å². The van der Waals surface area contributed by atoms with Crippen molar-refractivity contribution in [2.24, 2.45) is 0 Å². The number of aromatic nitrogens is 2. The number of aromatic amines is 2. The lowest BCUT2D eigenvalue weighted by Gasteiger charge is -2.44. The molecule has 0 saturated heterocycles. The van der Waals surface area contributed by atoms with Gasteiger partial charge in [-0.2, -0.15) is 21.9 Å². The number of hydrogen-bond acceptors (Lipinski definition) is 0. The molecule has 0 aliphatic carbocycles. The first-order chi connectivity index (χ1) is 20.4. The monoisotopic (exact) mass is 542 g/mol. The molecule has 0 amide bonds. The van der Waals surface area contributed by atoms with E-state index in [-0.39, 0.29) is 0 Å². The van der Waals surface area contributed by atoms with E-state index in [1.54, 1.807) is 0 Å². The molecular weight excluding hydrogens is 495 g/mol. The molecule has 41 heavy (non-hydrogen) atoms. The first-order valence-electron chi connectivity index (χ1n) is 15.8. The van der Waals surface area contributed by atoms with Gasteiger partial charge in [0.2, 0.25) is 0 Å². The lowest BCUT2D eigenvalue weighted by Crippen LogP contribution is -2.74. The molecule has 1 aromatic heterocycles. The van der Waals surface area contributed by atoms with Crippen LogP contribution in [0, 0.1) is 0 Å². The Labute approximate surface area is 248 Å². The van der Waals surface area contributed by atoms with Crippen LogP contribution in [-0.2, 0) is 6.42 Å². The average Bonchev–Trinajstić information content (AvgIpc) is 3.57. The Morgan fingerprint density at radius 2 is 0.854 bits per heavy atom. The largest absolute Gasteiger partial charge is 0.251 e. The molecule has 4 aromatic carbocycles. The summed E-state index contributed by atoms with van der Waals surface area (Å²) in [5, 5.41) is 0. The topological polar surface area (TPSA) is 29.9 Å². The van der Waals surface area contributed by atoms with Crippen molar-refractivity contribution >= 4 is 28.0 Å². The third kappa shape index (κ3) is 8.57. The van der Waals surface area contributed by atoms with Gasteiger partial charge in [0, 0.05) is 6.42 Å². The minimum Gasteiger partial charge on any atom is -0.248 e. The van der Waals surface area contributed by atoms with Gasteiger partial charge < -0.3 is 0 Å². The lowest BCUT2D eigenvalue weighted by atomic mass is 9.13. The normalized spacial score (nSPS) is 11.0. The number of H-pyrrole nitrogens is 2. The summed E-state index contributed by atoms with van der Waals surface area (Å²) in [5.74, 6) is 1.27. The van der Waals surface area contributed by atoms with Gasteiger partial charge >= 0.3 is 0 Å². The summed E-state index contributed by atoms with van der Waals surface area (Å²) < 4.78 is 0. The molecule has 0 aliphatic heterocycles. The summed E-state index contributed by atoms with van der Waals surface area (Å²) in [6.45, 7) is 2.28.